The predicted octanol–water partition coefficient (Wildman–Crippen LogP) is 4.26. The van der Waals surface area contributed by atoms with E-state index in [1.807, 2.05) is 0 Å². The standard InChI is InChI=1S/C15H21N/c1-9(2)12-6-7-13-11(5)16-8-14(13)15(12)10(3)4/h6-7,9-10H,8H2,1-5H3. The zero-order valence-corrected chi connectivity index (χ0v) is 11.0. The van der Waals surface area contributed by atoms with Crippen LogP contribution >= 0.6 is 0 Å². The van der Waals surface area contributed by atoms with Crippen LogP contribution < -0.4 is 0 Å². The largest absolute Gasteiger partial charge is 0.285 e. The molecule has 86 valence electrons. The Labute approximate surface area is 98.6 Å². The van der Waals surface area contributed by atoms with Crippen LogP contribution in [0.15, 0.2) is 17.1 Å². The first-order valence-corrected chi connectivity index (χ1v) is 6.19. The first-order valence-electron chi connectivity index (χ1n) is 6.19. The number of fused-ring (bicyclic) bond motifs is 1. The minimum atomic E-state index is 0.591. The summed E-state index contributed by atoms with van der Waals surface area (Å²) in [6.45, 7) is 12.1. The molecule has 1 aliphatic heterocycles. The molecule has 0 amide bonds. The third-order valence-corrected chi connectivity index (χ3v) is 3.45. The van der Waals surface area contributed by atoms with E-state index in [9.17, 15) is 0 Å². The molecule has 0 aromatic heterocycles. The monoisotopic (exact) mass is 215 g/mol. The lowest BCUT2D eigenvalue weighted by Crippen LogP contribution is -2.05. The summed E-state index contributed by atoms with van der Waals surface area (Å²) in [5.41, 5.74) is 7.07. The number of nitrogens with zero attached hydrogens (tertiary/aromatic N) is 1. The molecule has 0 radical (unpaired) electrons. The second-order valence-electron chi connectivity index (χ2n) is 5.31. The number of hydrogen-bond acceptors (Lipinski definition) is 1. The Balaban J connectivity index is 2.63. The van der Waals surface area contributed by atoms with Gasteiger partial charge in [0.25, 0.3) is 0 Å². The Hall–Kier alpha value is -1.11. The molecular weight excluding hydrogens is 194 g/mol. The van der Waals surface area contributed by atoms with Crippen molar-refractivity contribution >= 4 is 5.71 Å². The SMILES string of the molecule is CC1=NCc2c1ccc(C(C)C)c2C(C)C. The van der Waals surface area contributed by atoms with Crippen LogP contribution in [0, 0.1) is 0 Å². The van der Waals surface area contributed by atoms with Gasteiger partial charge in [-0.3, -0.25) is 4.99 Å². The number of rotatable bonds is 2. The van der Waals surface area contributed by atoms with Gasteiger partial charge in [-0.1, -0.05) is 39.8 Å². The molecule has 2 rings (SSSR count). The molecule has 1 heterocycles. The summed E-state index contributed by atoms with van der Waals surface area (Å²) in [7, 11) is 0. The Bertz CT molecular complexity index is 439. The van der Waals surface area contributed by atoms with Crippen molar-refractivity contribution in [2.75, 3.05) is 0 Å². The number of aliphatic imine (C=N–C) groups is 1. The van der Waals surface area contributed by atoms with E-state index in [0.29, 0.717) is 11.8 Å². The second-order valence-corrected chi connectivity index (χ2v) is 5.31. The van der Waals surface area contributed by atoms with Crippen LogP contribution in [-0.4, -0.2) is 5.71 Å². The van der Waals surface area contributed by atoms with Crippen molar-refractivity contribution in [3.63, 3.8) is 0 Å². The van der Waals surface area contributed by atoms with Crippen LogP contribution in [-0.2, 0) is 6.54 Å². The fourth-order valence-electron chi connectivity index (χ4n) is 2.66. The Morgan fingerprint density at radius 2 is 1.75 bits per heavy atom. The van der Waals surface area contributed by atoms with Gasteiger partial charge in [0.1, 0.15) is 0 Å². The molecule has 1 heteroatoms. The quantitative estimate of drug-likeness (QED) is 0.699. The van der Waals surface area contributed by atoms with E-state index >= 15 is 0 Å². The number of benzene rings is 1. The van der Waals surface area contributed by atoms with Gasteiger partial charge in [0, 0.05) is 11.3 Å². The third-order valence-electron chi connectivity index (χ3n) is 3.45. The lowest BCUT2D eigenvalue weighted by atomic mass is 9.84. The average Bonchev–Trinajstić information content (AvgIpc) is 2.58. The van der Waals surface area contributed by atoms with Crippen LogP contribution in [0.5, 0.6) is 0 Å². The van der Waals surface area contributed by atoms with E-state index in [0.717, 1.165) is 6.54 Å². The van der Waals surface area contributed by atoms with Gasteiger partial charge < -0.3 is 0 Å². The lowest BCUT2D eigenvalue weighted by Gasteiger charge is -2.20. The fraction of sp³-hybridized carbons (Fsp3) is 0.533. The van der Waals surface area contributed by atoms with Gasteiger partial charge in [0.05, 0.1) is 6.54 Å². The van der Waals surface area contributed by atoms with Crippen molar-refractivity contribution < 1.29 is 0 Å². The molecular formula is C15H21N. The molecule has 1 aromatic carbocycles. The molecule has 1 aliphatic rings. The summed E-state index contributed by atoms with van der Waals surface area (Å²) in [5, 5.41) is 0. The molecule has 0 bridgehead atoms. The first-order chi connectivity index (χ1) is 7.52. The third kappa shape index (κ3) is 1.68. The van der Waals surface area contributed by atoms with Gasteiger partial charge in [0.15, 0.2) is 0 Å². The van der Waals surface area contributed by atoms with Gasteiger partial charge in [-0.2, -0.15) is 0 Å². The van der Waals surface area contributed by atoms with E-state index in [4.69, 9.17) is 0 Å². The van der Waals surface area contributed by atoms with Crippen LogP contribution in [0.4, 0.5) is 0 Å². The van der Waals surface area contributed by atoms with Crippen molar-refractivity contribution in [1.82, 2.24) is 0 Å². The van der Waals surface area contributed by atoms with E-state index in [2.05, 4.69) is 51.7 Å². The lowest BCUT2D eigenvalue weighted by molar-refractivity contribution is 0.776. The molecule has 0 spiro atoms. The smallest absolute Gasteiger partial charge is 0.0652 e. The summed E-state index contributed by atoms with van der Waals surface area (Å²) in [6, 6.07) is 4.55. The second kappa shape index (κ2) is 4.04. The maximum absolute atomic E-state index is 4.56. The van der Waals surface area contributed by atoms with E-state index < -0.39 is 0 Å². The highest BCUT2D eigenvalue weighted by Gasteiger charge is 2.21. The normalized spacial score (nSPS) is 14.6. The van der Waals surface area contributed by atoms with Crippen molar-refractivity contribution in [3.8, 4) is 0 Å². The molecule has 1 aromatic rings. The minimum absolute atomic E-state index is 0.591. The van der Waals surface area contributed by atoms with Crippen molar-refractivity contribution in [1.29, 1.82) is 0 Å². The minimum Gasteiger partial charge on any atom is -0.285 e. The van der Waals surface area contributed by atoms with Gasteiger partial charge in [-0.15, -0.1) is 0 Å². The zero-order chi connectivity index (χ0) is 11.9. The van der Waals surface area contributed by atoms with Crippen LogP contribution in [0.2, 0.25) is 0 Å². The number of hydrogen-bond donors (Lipinski definition) is 0. The zero-order valence-electron chi connectivity index (χ0n) is 11.0. The molecule has 0 fully saturated rings. The summed E-state index contributed by atoms with van der Waals surface area (Å²) >= 11 is 0. The predicted molar refractivity (Wildman–Crippen MR) is 70.5 cm³/mol. The molecule has 0 atom stereocenters. The highest BCUT2D eigenvalue weighted by atomic mass is 14.8. The summed E-state index contributed by atoms with van der Waals surface area (Å²) in [4.78, 5) is 4.56. The summed E-state index contributed by atoms with van der Waals surface area (Å²) < 4.78 is 0. The van der Waals surface area contributed by atoms with Crippen LogP contribution in [0.3, 0.4) is 0 Å². The van der Waals surface area contributed by atoms with Crippen molar-refractivity contribution in [3.05, 3.63) is 34.4 Å². The Morgan fingerprint density at radius 3 is 2.31 bits per heavy atom. The highest BCUT2D eigenvalue weighted by molar-refractivity contribution is 6.02. The highest BCUT2D eigenvalue weighted by Crippen LogP contribution is 2.34. The topological polar surface area (TPSA) is 12.4 Å². The molecule has 0 unspecified atom stereocenters. The molecule has 0 saturated carbocycles. The van der Waals surface area contributed by atoms with E-state index in [1.54, 1.807) is 0 Å². The molecule has 1 nitrogen and oxygen atoms in total. The van der Waals surface area contributed by atoms with E-state index in [-0.39, 0.29) is 0 Å². The first kappa shape index (κ1) is 11.4. The van der Waals surface area contributed by atoms with Gasteiger partial charge in [-0.25, -0.2) is 0 Å². The van der Waals surface area contributed by atoms with Crippen LogP contribution in [0.1, 0.15) is 68.7 Å². The van der Waals surface area contributed by atoms with Gasteiger partial charge in [-0.05, 0) is 35.4 Å². The van der Waals surface area contributed by atoms with Gasteiger partial charge in [0.2, 0.25) is 0 Å². The van der Waals surface area contributed by atoms with Crippen LogP contribution in [0.25, 0.3) is 0 Å². The Kier molecular flexibility index (Phi) is 2.88. The summed E-state index contributed by atoms with van der Waals surface area (Å²) in [5.74, 6) is 1.19. The fourth-order valence-corrected chi connectivity index (χ4v) is 2.66. The van der Waals surface area contributed by atoms with Gasteiger partial charge >= 0.3 is 0 Å². The Morgan fingerprint density at radius 1 is 1.06 bits per heavy atom. The molecule has 0 aliphatic carbocycles. The summed E-state index contributed by atoms with van der Waals surface area (Å²) in [6.07, 6.45) is 0. The molecule has 0 N–H and O–H groups in total. The molecule has 0 saturated heterocycles. The maximum atomic E-state index is 4.56. The van der Waals surface area contributed by atoms with Crippen molar-refractivity contribution in [2.24, 2.45) is 4.99 Å². The van der Waals surface area contributed by atoms with E-state index in [1.165, 1.54) is 28.0 Å². The maximum Gasteiger partial charge on any atom is 0.0652 e. The molecule has 16 heavy (non-hydrogen) atoms. The van der Waals surface area contributed by atoms with Crippen molar-refractivity contribution in [2.45, 2.75) is 53.0 Å². The average molecular weight is 215 g/mol.